The van der Waals surface area contributed by atoms with E-state index in [1.54, 1.807) is 0 Å². The number of aliphatic hydroxyl groups is 1. The van der Waals surface area contributed by atoms with E-state index in [1.807, 2.05) is 42.5 Å². The van der Waals surface area contributed by atoms with E-state index < -0.39 is 6.10 Å². The summed E-state index contributed by atoms with van der Waals surface area (Å²) in [4.78, 5) is 11.0. The summed E-state index contributed by atoms with van der Waals surface area (Å²) in [5, 5.41) is 12.1. The Morgan fingerprint density at radius 2 is 1.88 bits per heavy atom. The second kappa shape index (κ2) is 4.45. The van der Waals surface area contributed by atoms with Gasteiger partial charge in [0.15, 0.2) is 0 Å². The van der Waals surface area contributed by atoms with E-state index in [0.717, 1.165) is 16.3 Å². The van der Waals surface area contributed by atoms with Crippen molar-refractivity contribution in [2.45, 2.75) is 19.4 Å². The van der Waals surface area contributed by atoms with Crippen molar-refractivity contribution in [1.29, 1.82) is 0 Å². The van der Waals surface area contributed by atoms with Crippen LogP contribution >= 0.6 is 0 Å². The molecule has 0 aliphatic carbocycles. The van der Waals surface area contributed by atoms with Gasteiger partial charge in [0.25, 0.3) is 0 Å². The first-order valence-electron chi connectivity index (χ1n) is 5.33. The van der Waals surface area contributed by atoms with Gasteiger partial charge < -0.3 is 5.11 Å². The number of fused-ring (bicyclic) bond motifs is 1. The predicted octanol–water partition coefficient (Wildman–Crippen LogP) is 2.85. The third-order valence-corrected chi connectivity index (χ3v) is 2.66. The van der Waals surface area contributed by atoms with Gasteiger partial charge in [0.1, 0.15) is 5.78 Å². The lowest BCUT2D eigenvalue weighted by molar-refractivity contribution is -0.118. The van der Waals surface area contributed by atoms with Crippen molar-refractivity contribution in [1.82, 2.24) is 0 Å². The molecular formula is C14H14O2. The van der Waals surface area contributed by atoms with Crippen molar-refractivity contribution in [3.8, 4) is 0 Å². The molecule has 0 spiro atoms. The van der Waals surface area contributed by atoms with Crippen LogP contribution in [-0.2, 0) is 4.79 Å². The van der Waals surface area contributed by atoms with Gasteiger partial charge in [0.05, 0.1) is 6.10 Å². The van der Waals surface area contributed by atoms with Crippen LogP contribution in [0.5, 0.6) is 0 Å². The van der Waals surface area contributed by atoms with Gasteiger partial charge in [0.2, 0.25) is 0 Å². The number of rotatable bonds is 3. The smallest absolute Gasteiger partial charge is 0.132 e. The maximum atomic E-state index is 11.0. The first kappa shape index (κ1) is 10.8. The van der Waals surface area contributed by atoms with Crippen LogP contribution in [0, 0.1) is 0 Å². The van der Waals surface area contributed by atoms with Crippen LogP contribution in [0.3, 0.4) is 0 Å². The summed E-state index contributed by atoms with van der Waals surface area (Å²) < 4.78 is 0. The van der Waals surface area contributed by atoms with Gasteiger partial charge in [-0.2, -0.15) is 0 Å². The highest BCUT2D eigenvalue weighted by Crippen LogP contribution is 2.26. The number of hydrogen-bond acceptors (Lipinski definition) is 2. The second-order valence-corrected chi connectivity index (χ2v) is 3.99. The van der Waals surface area contributed by atoms with Crippen molar-refractivity contribution in [2.75, 3.05) is 0 Å². The fourth-order valence-corrected chi connectivity index (χ4v) is 1.92. The van der Waals surface area contributed by atoms with Crippen LogP contribution in [0.4, 0.5) is 0 Å². The number of carbonyl (C=O) groups is 1. The highest BCUT2D eigenvalue weighted by Gasteiger charge is 2.12. The lowest BCUT2D eigenvalue weighted by Gasteiger charge is -2.12. The molecule has 16 heavy (non-hydrogen) atoms. The highest BCUT2D eigenvalue weighted by molar-refractivity contribution is 5.86. The maximum Gasteiger partial charge on any atom is 0.132 e. The summed E-state index contributed by atoms with van der Waals surface area (Å²) in [5.74, 6) is 0.000402. The predicted molar refractivity (Wildman–Crippen MR) is 64.2 cm³/mol. The molecule has 2 aromatic carbocycles. The van der Waals surface area contributed by atoms with Gasteiger partial charge in [-0.15, -0.1) is 0 Å². The van der Waals surface area contributed by atoms with Crippen LogP contribution in [0.1, 0.15) is 25.0 Å². The standard InChI is InChI=1S/C14H14O2/c1-10(15)9-14(16)13-8-4-6-11-5-2-3-7-12(11)13/h2-8,14,16H,9H2,1H3. The molecule has 1 unspecified atom stereocenters. The van der Waals surface area contributed by atoms with E-state index in [4.69, 9.17) is 0 Å². The summed E-state index contributed by atoms with van der Waals surface area (Å²) in [6.07, 6.45) is -0.530. The van der Waals surface area contributed by atoms with E-state index in [0.29, 0.717) is 0 Å². The summed E-state index contributed by atoms with van der Waals surface area (Å²) >= 11 is 0. The highest BCUT2D eigenvalue weighted by atomic mass is 16.3. The molecule has 1 N–H and O–H groups in total. The van der Waals surface area contributed by atoms with Gasteiger partial charge in [-0.05, 0) is 23.3 Å². The minimum atomic E-state index is -0.705. The fourth-order valence-electron chi connectivity index (χ4n) is 1.92. The quantitative estimate of drug-likeness (QED) is 0.853. The molecule has 2 nitrogen and oxygen atoms in total. The largest absolute Gasteiger partial charge is 0.388 e. The average molecular weight is 214 g/mol. The number of Topliss-reactive ketones (excluding diaryl/α,β-unsaturated/α-hetero) is 1. The molecule has 0 aliphatic heterocycles. The Morgan fingerprint density at radius 3 is 2.62 bits per heavy atom. The lowest BCUT2D eigenvalue weighted by Crippen LogP contribution is -2.03. The molecule has 1 atom stereocenters. The molecule has 0 bridgehead atoms. The minimum absolute atomic E-state index is 0.000402. The number of hydrogen-bond donors (Lipinski definition) is 1. The van der Waals surface area contributed by atoms with Crippen LogP contribution in [0.25, 0.3) is 10.8 Å². The molecular weight excluding hydrogens is 200 g/mol. The van der Waals surface area contributed by atoms with E-state index in [9.17, 15) is 9.90 Å². The van der Waals surface area contributed by atoms with E-state index in [-0.39, 0.29) is 12.2 Å². The molecule has 0 fully saturated rings. The molecule has 0 aliphatic rings. The van der Waals surface area contributed by atoms with Gasteiger partial charge in [-0.25, -0.2) is 0 Å². The maximum absolute atomic E-state index is 11.0. The molecule has 2 heteroatoms. The Kier molecular flexibility index (Phi) is 3.02. The second-order valence-electron chi connectivity index (χ2n) is 3.99. The van der Waals surface area contributed by atoms with Crippen molar-refractivity contribution in [3.63, 3.8) is 0 Å². The lowest BCUT2D eigenvalue weighted by atomic mass is 9.98. The third kappa shape index (κ3) is 2.12. The minimum Gasteiger partial charge on any atom is -0.388 e. The fraction of sp³-hybridized carbons (Fsp3) is 0.214. The van der Waals surface area contributed by atoms with Crippen molar-refractivity contribution in [3.05, 3.63) is 48.0 Å². The van der Waals surface area contributed by atoms with Crippen molar-refractivity contribution < 1.29 is 9.90 Å². The Morgan fingerprint density at radius 1 is 1.19 bits per heavy atom. The van der Waals surface area contributed by atoms with Gasteiger partial charge in [-0.1, -0.05) is 42.5 Å². The molecule has 0 amide bonds. The Bertz CT molecular complexity index is 512. The third-order valence-electron chi connectivity index (χ3n) is 2.66. The molecule has 2 aromatic rings. The molecule has 0 saturated heterocycles. The number of aliphatic hydroxyl groups excluding tert-OH is 1. The van der Waals surface area contributed by atoms with Crippen LogP contribution in [-0.4, -0.2) is 10.9 Å². The van der Waals surface area contributed by atoms with Crippen molar-refractivity contribution >= 4 is 16.6 Å². The first-order chi connectivity index (χ1) is 7.68. The van der Waals surface area contributed by atoms with E-state index in [2.05, 4.69) is 0 Å². The average Bonchev–Trinajstić information content (AvgIpc) is 2.27. The Labute approximate surface area is 94.5 Å². The summed E-state index contributed by atoms with van der Waals surface area (Å²) in [5.41, 5.74) is 0.827. The Hall–Kier alpha value is -1.67. The molecule has 0 radical (unpaired) electrons. The zero-order valence-electron chi connectivity index (χ0n) is 9.18. The molecule has 0 saturated carbocycles. The first-order valence-corrected chi connectivity index (χ1v) is 5.33. The van der Waals surface area contributed by atoms with E-state index in [1.165, 1.54) is 6.92 Å². The van der Waals surface area contributed by atoms with Crippen LogP contribution < -0.4 is 0 Å². The van der Waals surface area contributed by atoms with Crippen LogP contribution in [0.2, 0.25) is 0 Å². The summed E-state index contributed by atoms with van der Waals surface area (Å²) in [7, 11) is 0. The zero-order chi connectivity index (χ0) is 11.5. The van der Waals surface area contributed by atoms with E-state index >= 15 is 0 Å². The Balaban J connectivity index is 2.47. The summed E-state index contributed by atoms with van der Waals surface area (Å²) in [6.45, 7) is 1.49. The van der Waals surface area contributed by atoms with Gasteiger partial charge >= 0.3 is 0 Å². The topological polar surface area (TPSA) is 37.3 Å². The molecule has 0 heterocycles. The SMILES string of the molecule is CC(=O)CC(O)c1cccc2ccccc12. The number of benzene rings is 2. The number of carbonyl (C=O) groups excluding carboxylic acids is 1. The van der Waals surface area contributed by atoms with Crippen LogP contribution in [0.15, 0.2) is 42.5 Å². The normalized spacial score (nSPS) is 12.6. The summed E-state index contributed by atoms with van der Waals surface area (Å²) in [6, 6.07) is 13.6. The number of ketones is 1. The zero-order valence-corrected chi connectivity index (χ0v) is 9.18. The van der Waals surface area contributed by atoms with Gasteiger partial charge in [0, 0.05) is 6.42 Å². The monoisotopic (exact) mass is 214 g/mol. The van der Waals surface area contributed by atoms with Gasteiger partial charge in [-0.3, -0.25) is 4.79 Å². The van der Waals surface area contributed by atoms with Crippen molar-refractivity contribution in [2.24, 2.45) is 0 Å². The molecule has 0 aromatic heterocycles. The molecule has 2 rings (SSSR count). The molecule has 82 valence electrons.